The molecule has 16 heavy (non-hydrogen) atoms. The lowest BCUT2D eigenvalue weighted by Crippen LogP contribution is -1.81. The molecule has 0 unspecified atom stereocenters. The predicted molar refractivity (Wildman–Crippen MR) is 64.2 cm³/mol. The van der Waals surface area contributed by atoms with Crippen LogP contribution in [0.4, 0.5) is 0 Å². The van der Waals surface area contributed by atoms with Gasteiger partial charge in [-0.2, -0.15) is 0 Å². The second kappa shape index (κ2) is 3.49. The number of furan rings is 1. The minimum atomic E-state index is 0.845. The average molecular weight is 209 g/mol. The third-order valence-electron chi connectivity index (χ3n) is 2.57. The Morgan fingerprint density at radius 3 is 2.62 bits per heavy atom. The minimum absolute atomic E-state index is 0.845. The van der Waals surface area contributed by atoms with Gasteiger partial charge in [0.05, 0.1) is 5.69 Å². The van der Waals surface area contributed by atoms with E-state index in [0.717, 1.165) is 28.1 Å². The Kier molecular flexibility index (Phi) is 2.00. The number of rotatable bonds is 1. The quantitative estimate of drug-likeness (QED) is 0.609. The maximum atomic E-state index is 5.50. The average Bonchev–Trinajstić information content (AvgIpc) is 2.69. The molecule has 2 nitrogen and oxygen atoms in total. The Balaban J connectivity index is 2.18. The zero-order valence-electron chi connectivity index (χ0n) is 8.97. The molecule has 0 N–H and O–H groups in total. The molecule has 0 spiro atoms. The Hall–Kier alpha value is -2.09. The van der Waals surface area contributed by atoms with Crippen LogP contribution in [-0.2, 0) is 0 Å². The van der Waals surface area contributed by atoms with Crippen LogP contribution < -0.4 is 0 Å². The molecule has 0 radical (unpaired) electrons. The Morgan fingerprint density at radius 1 is 1.00 bits per heavy atom. The van der Waals surface area contributed by atoms with Gasteiger partial charge in [-0.3, -0.25) is 0 Å². The minimum Gasteiger partial charge on any atom is -0.460 e. The fourth-order valence-corrected chi connectivity index (χ4v) is 1.82. The van der Waals surface area contributed by atoms with Crippen molar-refractivity contribution >= 4 is 11.1 Å². The molecule has 1 aromatic carbocycles. The summed E-state index contributed by atoms with van der Waals surface area (Å²) in [4.78, 5) is 4.57. The van der Waals surface area contributed by atoms with Gasteiger partial charge in [0.15, 0.2) is 5.58 Å². The SMILES string of the molecule is Cc1cc2nc(-c3ccccc3)ccc2o1. The van der Waals surface area contributed by atoms with Gasteiger partial charge in [-0.05, 0) is 19.1 Å². The second-order valence-corrected chi connectivity index (χ2v) is 3.80. The number of aryl methyl sites for hydroxylation is 1. The highest BCUT2D eigenvalue weighted by molar-refractivity contribution is 5.77. The second-order valence-electron chi connectivity index (χ2n) is 3.80. The van der Waals surface area contributed by atoms with Gasteiger partial charge < -0.3 is 4.42 Å². The van der Waals surface area contributed by atoms with E-state index in [0.29, 0.717) is 0 Å². The summed E-state index contributed by atoms with van der Waals surface area (Å²) < 4.78 is 5.50. The standard InChI is InChI=1S/C14H11NO/c1-10-9-13-14(16-10)8-7-12(15-13)11-5-3-2-4-6-11/h2-9H,1H3. The number of hydrogen-bond donors (Lipinski definition) is 0. The van der Waals surface area contributed by atoms with E-state index >= 15 is 0 Å². The first kappa shape index (κ1) is 9.16. The molecule has 2 heteroatoms. The Labute approximate surface area is 93.5 Å². The number of nitrogens with zero attached hydrogens (tertiary/aromatic N) is 1. The molecule has 0 amide bonds. The number of benzene rings is 1. The van der Waals surface area contributed by atoms with Crippen molar-refractivity contribution in [2.75, 3.05) is 0 Å². The summed E-state index contributed by atoms with van der Waals surface area (Å²) in [6, 6.07) is 16.1. The van der Waals surface area contributed by atoms with Crippen LogP contribution in [0.25, 0.3) is 22.4 Å². The summed E-state index contributed by atoms with van der Waals surface area (Å²) in [5.74, 6) is 0.896. The van der Waals surface area contributed by atoms with Crippen molar-refractivity contribution in [3.8, 4) is 11.3 Å². The first-order chi connectivity index (χ1) is 7.83. The normalized spacial score (nSPS) is 10.8. The number of hydrogen-bond acceptors (Lipinski definition) is 2. The van der Waals surface area contributed by atoms with Crippen LogP contribution in [0.3, 0.4) is 0 Å². The van der Waals surface area contributed by atoms with Crippen molar-refractivity contribution in [1.29, 1.82) is 0 Å². The molecule has 0 fully saturated rings. The lowest BCUT2D eigenvalue weighted by Gasteiger charge is -1.99. The molecule has 0 aliphatic carbocycles. The van der Waals surface area contributed by atoms with Gasteiger partial charge >= 0.3 is 0 Å². The number of aromatic nitrogens is 1. The highest BCUT2D eigenvalue weighted by Gasteiger charge is 2.04. The zero-order chi connectivity index (χ0) is 11.0. The summed E-state index contributed by atoms with van der Waals surface area (Å²) in [5, 5.41) is 0. The summed E-state index contributed by atoms with van der Waals surface area (Å²) in [6.45, 7) is 1.93. The summed E-state index contributed by atoms with van der Waals surface area (Å²) in [6.07, 6.45) is 0. The highest BCUT2D eigenvalue weighted by atomic mass is 16.3. The molecule has 0 saturated heterocycles. The smallest absolute Gasteiger partial charge is 0.152 e. The van der Waals surface area contributed by atoms with Gasteiger partial charge in [0, 0.05) is 11.6 Å². The monoisotopic (exact) mass is 209 g/mol. The van der Waals surface area contributed by atoms with E-state index < -0.39 is 0 Å². The number of fused-ring (bicyclic) bond motifs is 1. The van der Waals surface area contributed by atoms with Crippen LogP contribution in [0.15, 0.2) is 52.9 Å². The first-order valence-electron chi connectivity index (χ1n) is 5.25. The molecule has 3 aromatic rings. The molecular weight excluding hydrogens is 198 g/mol. The molecule has 0 aliphatic heterocycles. The largest absolute Gasteiger partial charge is 0.460 e. The maximum Gasteiger partial charge on any atom is 0.152 e. The van der Waals surface area contributed by atoms with Gasteiger partial charge in [-0.15, -0.1) is 0 Å². The molecule has 78 valence electrons. The van der Waals surface area contributed by atoms with Crippen LogP contribution in [0, 0.1) is 6.92 Å². The van der Waals surface area contributed by atoms with Crippen LogP contribution in [0.1, 0.15) is 5.76 Å². The predicted octanol–water partition coefficient (Wildman–Crippen LogP) is 3.80. The third-order valence-corrected chi connectivity index (χ3v) is 2.57. The van der Waals surface area contributed by atoms with Crippen LogP contribution >= 0.6 is 0 Å². The van der Waals surface area contributed by atoms with E-state index in [1.54, 1.807) is 0 Å². The van der Waals surface area contributed by atoms with E-state index in [9.17, 15) is 0 Å². The highest BCUT2D eigenvalue weighted by Crippen LogP contribution is 2.22. The van der Waals surface area contributed by atoms with Crippen LogP contribution in [0.2, 0.25) is 0 Å². The zero-order valence-corrected chi connectivity index (χ0v) is 8.97. The molecule has 2 heterocycles. The van der Waals surface area contributed by atoms with Crippen LogP contribution in [-0.4, -0.2) is 4.98 Å². The Bertz CT molecular complexity index is 626. The van der Waals surface area contributed by atoms with E-state index in [4.69, 9.17) is 4.42 Å². The molecule has 0 aliphatic rings. The lowest BCUT2D eigenvalue weighted by atomic mass is 10.1. The van der Waals surface area contributed by atoms with E-state index in [2.05, 4.69) is 17.1 Å². The van der Waals surface area contributed by atoms with Crippen molar-refractivity contribution in [2.24, 2.45) is 0 Å². The molecular formula is C14H11NO. The number of pyridine rings is 1. The van der Waals surface area contributed by atoms with Crippen molar-refractivity contribution < 1.29 is 4.42 Å². The fraction of sp³-hybridized carbons (Fsp3) is 0.0714. The van der Waals surface area contributed by atoms with Gasteiger partial charge in [0.25, 0.3) is 0 Å². The van der Waals surface area contributed by atoms with Gasteiger partial charge in [0.2, 0.25) is 0 Å². The van der Waals surface area contributed by atoms with Crippen molar-refractivity contribution in [2.45, 2.75) is 6.92 Å². The topological polar surface area (TPSA) is 26.0 Å². The van der Waals surface area contributed by atoms with Crippen LogP contribution in [0.5, 0.6) is 0 Å². The molecule has 0 bridgehead atoms. The summed E-state index contributed by atoms with van der Waals surface area (Å²) >= 11 is 0. The molecule has 0 saturated carbocycles. The summed E-state index contributed by atoms with van der Waals surface area (Å²) in [7, 11) is 0. The van der Waals surface area contributed by atoms with Gasteiger partial charge in [-0.25, -0.2) is 4.98 Å². The summed E-state index contributed by atoms with van der Waals surface area (Å²) in [5.41, 5.74) is 3.87. The van der Waals surface area contributed by atoms with E-state index in [1.807, 2.05) is 43.3 Å². The fourth-order valence-electron chi connectivity index (χ4n) is 1.82. The maximum absolute atomic E-state index is 5.50. The Morgan fingerprint density at radius 2 is 1.81 bits per heavy atom. The van der Waals surface area contributed by atoms with Crippen molar-refractivity contribution in [1.82, 2.24) is 4.98 Å². The first-order valence-corrected chi connectivity index (χ1v) is 5.25. The van der Waals surface area contributed by atoms with Crippen molar-refractivity contribution in [3.05, 3.63) is 54.3 Å². The van der Waals surface area contributed by atoms with Gasteiger partial charge in [0.1, 0.15) is 11.3 Å². The molecule has 0 atom stereocenters. The molecule has 2 aromatic heterocycles. The van der Waals surface area contributed by atoms with E-state index in [-0.39, 0.29) is 0 Å². The van der Waals surface area contributed by atoms with Gasteiger partial charge in [-0.1, -0.05) is 30.3 Å². The third kappa shape index (κ3) is 1.48. The lowest BCUT2D eigenvalue weighted by molar-refractivity contribution is 0.578. The van der Waals surface area contributed by atoms with E-state index in [1.165, 1.54) is 0 Å². The molecule has 3 rings (SSSR count). The van der Waals surface area contributed by atoms with Crippen molar-refractivity contribution in [3.63, 3.8) is 0 Å².